The first-order valence-corrected chi connectivity index (χ1v) is 8.07. The highest BCUT2D eigenvalue weighted by atomic mass is 16.2. The van der Waals surface area contributed by atoms with Crippen molar-refractivity contribution in [3.63, 3.8) is 0 Å². The number of hydrogen-bond acceptors (Lipinski definition) is 4. The number of amides is 1. The highest BCUT2D eigenvalue weighted by Crippen LogP contribution is 2.22. The van der Waals surface area contributed by atoms with Gasteiger partial charge in [-0.05, 0) is 18.4 Å². The van der Waals surface area contributed by atoms with Gasteiger partial charge in [0.2, 0.25) is 5.91 Å². The molecule has 2 aromatic carbocycles. The monoisotopic (exact) mass is 348 g/mol. The van der Waals surface area contributed by atoms with Gasteiger partial charge in [0.1, 0.15) is 18.2 Å². The molecule has 7 nitrogen and oxygen atoms in total. The summed E-state index contributed by atoms with van der Waals surface area (Å²) >= 11 is 0. The predicted octanol–water partition coefficient (Wildman–Crippen LogP) is 1.69. The van der Waals surface area contributed by atoms with Crippen LogP contribution in [0.2, 0.25) is 0 Å². The average Bonchev–Trinajstić information content (AvgIpc) is 2.66. The zero-order valence-electron chi connectivity index (χ0n) is 14.1. The third kappa shape index (κ3) is 3.13. The number of carbonyl (C=O) groups excluding carboxylic acids is 1. The molecule has 0 fully saturated rings. The second kappa shape index (κ2) is 7.07. The number of rotatable bonds is 4. The van der Waals surface area contributed by atoms with Gasteiger partial charge in [0.25, 0.3) is 5.56 Å². The van der Waals surface area contributed by atoms with E-state index in [9.17, 15) is 14.4 Å². The average molecular weight is 348 g/mol. The molecular formula is C19H16N4O3. The molecule has 1 aromatic heterocycles. The fourth-order valence-corrected chi connectivity index (χ4v) is 2.76. The quantitative estimate of drug-likeness (QED) is 0.776. The molecule has 1 N–H and O–H groups in total. The maximum atomic E-state index is 12.4. The van der Waals surface area contributed by atoms with Crippen LogP contribution >= 0.6 is 0 Å². The summed E-state index contributed by atoms with van der Waals surface area (Å²) in [7, 11) is 0. The molecule has 1 amide bonds. The molecule has 0 radical (unpaired) electrons. The lowest BCUT2D eigenvalue weighted by molar-refractivity contribution is -0.116. The summed E-state index contributed by atoms with van der Waals surface area (Å²) in [6.07, 6.45) is 1.21. The minimum absolute atomic E-state index is 0.176. The third-order valence-electron chi connectivity index (χ3n) is 4.06. The van der Waals surface area contributed by atoms with Crippen molar-refractivity contribution >= 4 is 22.4 Å². The van der Waals surface area contributed by atoms with Gasteiger partial charge in [-0.3, -0.25) is 14.2 Å². The van der Waals surface area contributed by atoms with E-state index in [2.05, 4.69) is 5.32 Å². The summed E-state index contributed by atoms with van der Waals surface area (Å²) in [5.74, 6) is -0.515. The summed E-state index contributed by atoms with van der Waals surface area (Å²) in [5.41, 5.74) is -0.974. The van der Waals surface area contributed by atoms with Crippen molar-refractivity contribution in [1.82, 2.24) is 9.13 Å². The Morgan fingerprint density at radius 3 is 2.62 bits per heavy atom. The van der Waals surface area contributed by atoms with Crippen molar-refractivity contribution in [2.75, 3.05) is 5.32 Å². The van der Waals surface area contributed by atoms with Gasteiger partial charge < -0.3 is 5.32 Å². The number of fused-ring (bicyclic) bond motifs is 1. The van der Waals surface area contributed by atoms with Crippen LogP contribution in [-0.4, -0.2) is 15.0 Å². The van der Waals surface area contributed by atoms with Crippen molar-refractivity contribution in [2.45, 2.75) is 20.0 Å². The Balaban J connectivity index is 1.95. The van der Waals surface area contributed by atoms with Crippen LogP contribution in [0.5, 0.6) is 0 Å². The van der Waals surface area contributed by atoms with E-state index in [1.165, 1.54) is 10.8 Å². The van der Waals surface area contributed by atoms with Gasteiger partial charge >= 0.3 is 5.69 Å². The van der Waals surface area contributed by atoms with E-state index in [4.69, 9.17) is 5.26 Å². The maximum absolute atomic E-state index is 12.4. The number of nitriles is 1. The third-order valence-corrected chi connectivity index (χ3v) is 4.06. The van der Waals surface area contributed by atoms with Gasteiger partial charge in [-0.15, -0.1) is 0 Å². The summed E-state index contributed by atoms with van der Waals surface area (Å²) < 4.78 is 2.01. The van der Waals surface area contributed by atoms with Crippen molar-refractivity contribution in [2.24, 2.45) is 0 Å². The SMILES string of the molecule is CCn1cc(C#N)c(=O)n(CC(=O)Nc2cccc3ccccc23)c1=O. The van der Waals surface area contributed by atoms with E-state index in [0.717, 1.165) is 15.3 Å². The molecule has 0 saturated carbocycles. The van der Waals surface area contributed by atoms with Crippen LogP contribution in [0.1, 0.15) is 12.5 Å². The second-order valence-electron chi connectivity index (χ2n) is 5.69. The minimum Gasteiger partial charge on any atom is -0.324 e. The number of anilines is 1. The number of aryl methyl sites for hydroxylation is 1. The largest absolute Gasteiger partial charge is 0.331 e. The molecule has 0 atom stereocenters. The molecule has 0 aliphatic carbocycles. The fraction of sp³-hybridized carbons (Fsp3) is 0.158. The summed E-state index contributed by atoms with van der Waals surface area (Å²) in [6, 6.07) is 14.8. The van der Waals surface area contributed by atoms with Crippen molar-refractivity contribution < 1.29 is 4.79 Å². The highest BCUT2D eigenvalue weighted by molar-refractivity contribution is 6.01. The van der Waals surface area contributed by atoms with Crippen LogP contribution < -0.4 is 16.6 Å². The number of carbonyl (C=O) groups is 1. The number of hydrogen-bond donors (Lipinski definition) is 1. The zero-order chi connectivity index (χ0) is 18.7. The smallest absolute Gasteiger partial charge is 0.324 e. The second-order valence-corrected chi connectivity index (χ2v) is 5.69. The van der Waals surface area contributed by atoms with Gasteiger partial charge in [-0.25, -0.2) is 9.36 Å². The highest BCUT2D eigenvalue weighted by Gasteiger charge is 2.14. The van der Waals surface area contributed by atoms with E-state index in [1.54, 1.807) is 19.1 Å². The van der Waals surface area contributed by atoms with Crippen LogP contribution in [0.4, 0.5) is 5.69 Å². The van der Waals surface area contributed by atoms with E-state index >= 15 is 0 Å². The Labute approximate surface area is 148 Å². The van der Waals surface area contributed by atoms with Gasteiger partial charge in [0.05, 0.1) is 0 Å². The number of aromatic nitrogens is 2. The first-order chi connectivity index (χ1) is 12.5. The molecule has 0 bridgehead atoms. The molecule has 0 saturated heterocycles. The molecule has 0 spiro atoms. The topological polar surface area (TPSA) is 96.9 Å². The molecule has 130 valence electrons. The first kappa shape index (κ1) is 17.2. The van der Waals surface area contributed by atoms with Gasteiger partial charge in [0, 0.05) is 23.8 Å². The molecule has 3 rings (SSSR count). The van der Waals surface area contributed by atoms with Gasteiger partial charge in [0.15, 0.2) is 0 Å². The van der Waals surface area contributed by atoms with Crippen LogP contribution in [0, 0.1) is 11.3 Å². The number of benzene rings is 2. The van der Waals surface area contributed by atoms with E-state index < -0.39 is 23.7 Å². The van der Waals surface area contributed by atoms with Crippen molar-refractivity contribution in [3.8, 4) is 6.07 Å². The Bertz CT molecular complexity index is 1150. The Hall–Kier alpha value is -3.66. The fourth-order valence-electron chi connectivity index (χ4n) is 2.76. The molecule has 0 unspecified atom stereocenters. The van der Waals surface area contributed by atoms with Gasteiger partial charge in [-0.2, -0.15) is 5.26 Å². The summed E-state index contributed by atoms with van der Waals surface area (Å²) in [6.45, 7) is 1.54. The lowest BCUT2D eigenvalue weighted by atomic mass is 10.1. The van der Waals surface area contributed by atoms with Crippen molar-refractivity contribution in [3.05, 3.63) is 75.1 Å². The Kier molecular flexibility index (Phi) is 4.67. The molecule has 0 aliphatic rings. The summed E-state index contributed by atoms with van der Waals surface area (Å²) in [4.78, 5) is 37.0. The number of nitrogens with one attached hydrogen (secondary N) is 1. The lowest BCUT2D eigenvalue weighted by Crippen LogP contribution is -2.43. The maximum Gasteiger partial charge on any atom is 0.331 e. The number of nitrogens with zero attached hydrogens (tertiary/aromatic N) is 3. The summed E-state index contributed by atoms with van der Waals surface area (Å²) in [5, 5.41) is 13.6. The molecule has 1 heterocycles. The predicted molar refractivity (Wildman–Crippen MR) is 97.9 cm³/mol. The van der Waals surface area contributed by atoms with Crippen molar-refractivity contribution in [1.29, 1.82) is 5.26 Å². The van der Waals surface area contributed by atoms with Crippen LogP contribution in [0.25, 0.3) is 10.8 Å². The zero-order valence-corrected chi connectivity index (χ0v) is 14.1. The lowest BCUT2D eigenvalue weighted by Gasteiger charge is -2.11. The molecule has 26 heavy (non-hydrogen) atoms. The van der Waals surface area contributed by atoms with Gasteiger partial charge in [-0.1, -0.05) is 36.4 Å². The Morgan fingerprint density at radius 1 is 1.15 bits per heavy atom. The van der Waals surface area contributed by atoms with Crippen LogP contribution in [0.15, 0.2) is 58.3 Å². The van der Waals surface area contributed by atoms with Crippen LogP contribution in [-0.2, 0) is 17.9 Å². The van der Waals surface area contributed by atoms with E-state index in [0.29, 0.717) is 12.2 Å². The van der Waals surface area contributed by atoms with E-state index in [1.807, 2.05) is 36.4 Å². The molecule has 0 aliphatic heterocycles. The molecular weight excluding hydrogens is 332 g/mol. The van der Waals surface area contributed by atoms with E-state index in [-0.39, 0.29) is 5.56 Å². The first-order valence-electron chi connectivity index (χ1n) is 8.07. The standard InChI is InChI=1S/C19H16N4O3/c1-2-22-11-14(10-20)18(25)23(19(22)26)12-17(24)21-16-9-5-7-13-6-3-4-8-15(13)16/h3-9,11H,2,12H2,1H3,(H,21,24). The molecule has 7 heteroatoms. The van der Waals surface area contributed by atoms with Crippen LogP contribution in [0.3, 0.4) is 0 Å². The normalized spacial score (nSPS) is 10.5. The Morgan fingerprint density at radius 2 is 1.88 bits per heavy atom. The molecule has 3 aromatic rings. The minimum atomic E-state index is -0.768.